The van der Waals surface area contributed by atoms with Gasteiger partial charge in [-0.2, -0.15) is 9.61 Å². The Bertz CT molecular complexity index is 1180. The number of carbonyl (C=O) groups excluding carboxylic acids is 2. The van der Waals surface area contributed by atoms with Gasteiger partial charge in [0.1, 0.15) is 29.5 Å². The van der Waals surface area contributed by atoms with Crippen LogP contribution in [0.3, 0.4) is 0 Å². The van der Waals surface area contributed by atoms with Crippen LogP contribution >= 0.6 is 0 Å². The standard InChI is InChI=1S/C19H19FN6O3/c1-3-12-7-16-25(10-15(27)22-14-6-5-11(20)8-21-14)17-13(18(28)26(16)23-12)9-24(4-2)19(17)29/h5-8H,3-4,9-10H2,1-2H3,(H,21,22,27). The molecule has 4 heterocycles. The van der Waals surface area contributed by atoms with Crippen LogP contribution in [0, 0.1) is 5.82 Å². The van der Waals surface area contributed by atoms with Crippen LogP contribution in [0.2, 0.25) is 0 Å². The zero-order valence-corrected chi connectivity index (χ0v) is 16.0. The summed E-state index contributed by atoms with van der Waals surface area (Å²) in [7, 11) is 0. The Morgan fingerprint density at radius 2 is 2.07 bits per heavy atom. The van der Waals surface area contributed by atoms with Crippen LogP contribution in [0.5, 0.6) is 0 Å². The molecule has 150 valence electrons. The Morgan fingerprint density at radius 1 is 1.28 bits per heavy atom. The van der Waals surface area contributed by atoms with Crippen molar-refractivity contribution in [2.24, 2.45) is 0 Å². The van der Waals surface area contributed by atoms with Gasteiger partial charge in [-0.15, -0.1) is 0 Å². The average molecular weight is 398 g/mol. The minimum Gasteiger partial charge on any atom is -0.333 e. The largest absolute Gasteiger partial charge is 0.333 e. The van der Waals surface area contributed by atoms with Gasteiger partial charge >= 0.3 is 0 Å². The van der Waals surface area contributed by atoms with E-state index in [-0.39, 0.29) is 36.1 Å². The second-order valence-electron chi connectivity index (χ2n) is 6.71. The normalized spacial score (nSPS) is 13.2. The quantitative estimate of drug-likeness (QED) is 0.696. The summed E-state index contributed by atoms with van der Waals surface area (Å²) in [4.78, 5) is 43.7. The molecule has 1 aliphatic heterocycles. The highest BCUT2D eigenvalue weighted by Gasteiger charge is 2.34. The second kappa shape index (κ2) is 7.12. The molecule has 0 bridgehead atoms. The molecule has 4 rings (SSSR count). The van der Waals surface area contributed by atoms with Gasteiger partial charge in [0.15, 0.2) is 0 Å². The summed E-state index contributed by atoms with van der Waals surface area (Å²) >= 11 is 0. The maximum absolute atomic E-state index is 13.0. The lowest BCUT2D eigenvalue weighted by molar-refractivity contribution is -0.116. The fourth-order valence-corrected chi connectivity index (χ4v) is 3.43. The van der Waals surface area contributed by atoms with Gasteiger partial charge in [0.2, 0.25) is 5.91 Å². The van der Waals surface area contributed by atoms with E-state index in [9.17, 15) is 18.8 Å². The molecule has 0 radical (unpaired) electrons. The molecule has 29 heavy (non-hydrogen) atoms. The van der Waals surface area contributed by atoms with Crippen LogP contribution in [-0.4, -0.2) is 42.4 Å². The first-order valence-electron chi connectivity index (χ1n) is 9.28. The molecule has 2 amide bonds. The minimum atomic E-state index is -0.514. The van der Waals surface area contributed by atoms with E-state index in [4.69, 9.17) is 0 Å². The average Bonchev–Trinajstić information content (AvgIpc) is 3.29. The lowest BCUT2D eigenvalue weighted by Gasteiger charge is -2.14. The number of fused-ring (bicyclic) bond motifs is 2. The minimum absolute atomic E-state index is 0.182. The fourth-order valence-electron chi connectivity index (χ4n) is 3.43. The third-order valence-electron chi connectivity index (χ3n) is 4.90. The third-order valence-corrected chi connectivity index (χ3v) is 4.90. The van der Waals surface area contributed by atoms with Crippen molar-refractivity contribution in [3.63, 3.8) is 0 Å². The molecule has 1 aliphatic rings. The van der Waals surface area contributed by atoms with E-state index < -0.39 is 11.7 Å². The number of nitrogens with zero attached hydrogens (tertiary/aromatic N) is 5. The fraction of sp³-hybridized carbons (Fsp3) is 0.316. The molecule has 0 fully saturated rings. The van der Waals surface area contributed by atoms with Crippen molar-refractivity contribution in [2.75, 3.05) is 11.9 Å². The van der Waals surface area contributed by atoms with Gasteiger partial charge in [0.25, 0.3) is 11.5 Å². The van der Waals surface area contributed by atoms with Gasteiger partial charge in [-0.1, -0.05) is 6.92 Å². The topological polar surface area (TPSA) is 102 Å². The third kappa shape index (κ3) is 3.16. The number of anilines is 1. The van der Waals surface area contributed by atoms with E-state index in [0.717, 1.165) is 6.20 Å². The van der Waals surface area contributed by atoms with Crippen molar-refractivity contribution in [1.29, 1.82) is 0 Å². The SMILES string of the molecule is CCc1cc2n(CC(=O)Nc3ccc(F)cn3)c3c(c(=O)n2n1)CN(CC)C3=O. The number of carbonyl (C=O) groups is 2. The number of aromatic nitrogens is 4. The highest BCUT2D eigenvalue weighted by molar-refractivity contribution is 5.98. The van der Waals surface area contributed by atoms with Crippen molar-refractivity contribution >= 4 is 23.3 Å². The molecule has 3 aromatic rings. The van der Waals surface area contributed by atoms with Crippen molar-refractivity contribution in [1.82, 2.24) is 24.1 Å². The highest BCUT2D eigenvalue weighted by Crippen LogP contribution is 2.22. The van der Waals surface area contributed by atoms with E-state index in [1.165, 1.54) is 21.2 Å². The Balaban J connectivity index is 1.79. The monoisotopic (exact) mass is 398 g/mol. The van der Waals surface area contributed by atoms with Crippen LogP contribution < -0.4 is 10.9 Å². The summed E-state index contributed by atoms with van der Waals surface area (Å²) in [6, 6.07) is 4.23. The molecule has 0 saturated heterocycles. The first-order chi connectivity index (χ1) is 13.9. The summed E-state index contributed by atoms with van der Waals surface area (Å²) in [6.45, 7) is 4.14. The molecule has 0 aromatic carbocycles. The first kappa shape index (κ1) is 18.8. The molecule has 0 aliphatic carbocycles. The predicted molar refractivity (Wildman–Crippen MR) is 102 cm³/mol. The van der Waals surface area contributed by atoms with Crippen LogP contribution in [0.15, 0.2) is 29.2 Å². The molecule has 0 atom stereocenters. The molecule has 9 nitrogen and oxygen atoms in total. The molecule has 0 unspecified atom stereocenters. The number of hydrogen-bond acceptors (Lipinski definition) is 5. The van der Waals surface area contributed by atoms with Gasteiger partial charge in [0.05, 0.1) is 24.0 Å². The summed E-state index contributed by atoms with van der Waals surface area (Å²) < 4.78 is 15.8. The van der Waals surface area contributed by atoms with E-state index in [0.29, 0.717) is 29.9 Å². The van der Waals surface area contributed by atoms with Crippen LogP contribution in [0.25, 0.3) is 5.65 Å². The van der Waals surface area contributed by atoms with Crippen molar-refractivity contribution in [3.8, 4) is 0 Å². The Kier molecular flexibility index (Phi) is 4.61. The van der Waals surface area contributed by atoms with Crippen LogP contribution in [0.1, 0.15) is 35.6 Å². The van der Waals surface area contributed by atoms with E-state index in [1.54, 1.807) is 11.0 Å². The van der Waals surface area contributed by atoms with Crippen LogP contribution in [0.4, 0.5) is 10.2 Å². The highest BCUT2D eigenvalue weighted by atomic mass is 19.1. The number of hydrogen-bond donors (Lipinski definition) is 1. The zero-order valence-electron chi connectivity index (χ0n) is 16.0. The lowest BCUT2D eigenvalue weighted by Crippen LogP contribution is -2.30. The molecule has 1 N–H and O–H groups in total. The van der Waals surface area contributed by atoms with Crippen molar-refractivity contribution in [3.05, 3.63) is 57.5 Å². The molecule has 0 spiro atoms. The van der Waals surface area contributed by atoms with Crippen molar-refractivity contribution < 1.29 is 14.0 Å². The zero-order chi connectivity index (χ0) is 20.7. The molecule has 3 aromatic heterocycles. The Hall–Kier alpha value is -3.56. The van der Waals surface area contributed by atoms with Gasteiger partial charge in [0, 0.05) is 12.6 Å². The van der Waals surface area contributed by atoms with Gasteiger partial charge in [-0.25, -0.2) is 9.37 Å². The number of rotatable bonds is 5. The number of aryl methyl sites for hydroxylation is 1. The van der Waals surface area contributed by atoms with Gasteiger partial charge in [-0.3, -0.25) is 14.4 Å². The smallest absolute Gasteiger partial charge is 0.280 e. The Labute approximate surface area is 164 Å². The number of nitrogens with one attached hydrogen (secondary N) is 1. The first-order valence-corrected chi connectivity index (χ1v) is 9.28. The molecule has 10 heteroatoms. The van der Waals surface area contributed by atoms with Crippen molar-refractivity contribution in [2.45, 2.75) is 33.4 Å². The van der Waals surface area contributed by atoms with E-state index >= 15 is 0 Å². The maximum Gasteiger partial charge on any atom is 0.280 e. The Morgan fingerprint density at radius 3 is 2.72 bits per heavy atom. The summed E-state index contributed by atoms with van der Waals surface area (Å²) in [5, 5.41) is 6.89. The van der Waals surface area contributed by atoms with E-state index in [1.807, 2.05) is 13.8 Å². The summed E-state index contributed by atoms with van der Waals surface area (Å²) in [6.07, 6.45) is 1.60. The van der Waals surface area contributed by atoms with Gasteiger partial charge < -0.3 is 14.8 Å². The molecular formula is C19H19FN6O3. The number of halogens is 1. The predicted octanol–water partition coefficient (Wildman–Crippen LogP) is 1.21. The van der Waals surface area contributed by atoms with E-state index in [2.05, 4.69) is 15.4 Å². The van der Waals surface area contributed by atoms with Gasteiger partial charge in [-0.05, 0) is 25.5 Å². The maximum atomic E-state index is 13.0. The van der Waals surface area contributed by atoms with Crippen LogP contribution in [-0.2, 0) is 24.3 Å². The lowest BCUT2D eigenvalue weighted by atomic mass is 10.2. The summed E-state index contributed by atoms with van der Waals surface area (Å²) in [5.74, 6) is -1.08. The number of pyridine rings is 1. The number of amides is 2. The molecular weight excluding hydrogens is 379 g/mol. The summed E-state index contributed by atoms with van der Waals surface area (Å²) in [5.41, 5.74) is 1.23. The molecule has 0 saturated carbocycles. The second-order valence-corrected chi connectivity index (χ2v) is 6.71.